The number of phenolic OH excluding ortho intramolecular Hbond substituents is 1. The van der Waals surface area contributed by atoms with Crippen molar-refractivity contribution in [1.82, 2.24) is 25.3 Å². The fourth-order valence-electron chi connectivity index (χ4n) is 4.97. The molecule has 0 aliphatic carbocycles. The second-order valence-electron chi connectivity index (χ2n) is 9.07. The molecule has 172 valence electrons. The van der Waals surface area contributed by atoms with Crippen molar-refractivity contribution in [3.63, 3.8) is 0 Å². The largest absolute Gasteiger partial charge is 0.507 e. The van der Waals surface area contributed by atoms with Crippen molar-refractivity contribution in [1.29, 1.82) is 0 Å². The summed E-state index contributed by atoms with van der Waals surface area (Å²) in [4.78, 5) is 11.8. The zero-order valence-corrected chi connectivity index (χ0v) is 18.5. The summed E-state index contributed by atoms with van der Waals surface area (Å²) in [6.07, 6.45) is 7.59. The van der Waals surface area contributed by atoms with Gasteiger partial charge in [-0.05, 0) is 55.9 Å². The van der Waals surface area contributed by atoms with E-state index in [4.69, 9.17) is 0 Å². The molecule has 2 aliphatic heterocycles. The average Bonchev–Trinajstić information content (AvgIpc) is 2.81. The van der Waals surface area contributed by atoms with Crippen LogP contribution in [-0.2, 0) is 7.05 Å². The number of aromatic hydroxyl groups is 1. The number of hydrogen-bond donors (Lipinski definition) is 3. The van der Waals surface area contributed by atoms with E-state index in [1.165, 1.54) is 63.5 Å². The average molecular weight is 451 g/mol. The number of benzene rings is 1. The lowest BCUT2D eigenvalue weighted by Crippen LogP contribution is -2.49. The quantitative estimate of drug-likeness (QED) is 0.549. The van der Waals surface area contributed by atoms with Crippen molar-refractivity contribution in [3.05, 3.63) is 52.7 Å². The van der Waals surface area contributed by atoms with E-state index in [0.29, 0.717) is 35.1 Å². The summed E-state index contributed by atoms with van der Waals surface area (Å²) in [7, 11) is 1.51. The number of aryl methyl sites for hydroxylation is 1. The minimum absolute atomic E-state index is 0.0967. The summed E-state index contributed by atoms with van der Waals surface area (Å²) in [6, 6.07) is 8.53. The molecular formula is C24H27FN6O2. The molecule has 2 saturated heterocycles. The number of anilines is 1. The maximum atomic E-state index is 14.8. The third-order valence-electron chi connectivity index (χ3n) is 6.69. The predicted octanol–water partition coefficient (Wildman–Crippen LogP) is 3.08. The summed E-state index contributed by atoms with van der Waals surface area (Å²) < 4.78 is 16.0. The first kappa shape index (κ1) is 21.5. The highest BCUT2D eigenvalue weighted by Gasteiger charge is 2.30. The Morgan fingerprint density at radius 3 is 2.64 bits per heavy atom. The van der Waals surface area contributed by atoms with Crippen molar-refractivity contribution in [3.8, 4) is 28.1 Å². The fourth-order valence-corrected chi connectivity index (χ4v) is 4.97. The number of aromatic nitrogens is 4. The molecule has 33 heavy (non-hydrogen) atoms. The summed E-state index contributed by atoms with van der Waals surface area (Å²) >= 11 is 0. The molecule has 1 aromatic carbocycles. The Morgan fingerprint density at radius 1 is 1.15 bits per heavy atom. The highest BCUT2D eigenvalue weighted by Crippen LogP contribution is 2.34. The van der Waals surface area contributed by atoms with Gasteiger partial charge in [-0.15, -0.1) is 10.2 Å². The van der Waals surface area contributed by atoms with Gasteiger partial charge in [-0.25, -0.2) is 9.07 Å². The first-order valence-corrected chi connectivity index (χ1v) is 11.4. The van der Waals surface area contributed by atoms with Crippen LogP contribution in [0.15, 0.2) is 41.3 Å². The molecule has 2 unspecified atom stereocenters. The Labute approximate surface area is 190 Å². The number of halogens is 1. The van der Waals surface area contributed by atoms with Crippen LogP contribution in [0, 0.1) is 11.7 Å². The van der Waals surface area contributed by atoms with Crippen molar-refractivity contribution in [2.75, 3.05) is 11.9 Å². The van der Waals surface area contributed by atoms with E-state index >= 15 is 0 Å². The van der Waals surface area contributed by atoms with Gasteiger partial charge in [0.25, 0.3) is 5.56 Å². The molecule has 0 spiro atoms. The Kier molecular flexibility index (Phi) is 5.80. The predicted molar refractivity (Wildman–Crippen MR) is 123 cm³/mol. The van der Waals surface area contributed by atoms with Gasteiger partial charge in [-0.1, -0.05) is 6.42 Å². The van der Waals surface area contributed by atoms with Gasteiger partial charge in [0.05, 0.1) is 11.9 Å². The molecule has 3 aromatic rings. The first-order valence-electron chi connectivity index (χ1n) is 11.4. The molecule has 0 saturated carbocycles. The fraction of sp³-hybridized carbons (Fsp3) is 0.417. The van der Waals surface area contributed by atoms with E-state index in [1.807, 2.05) is 0 Å². The Bertz CT molecular complexity index is 1200. The van der Waals surface area contributed by atoms with E-state index in [1.54, 1.807) is 12.1 Å². The summed E-state index contributed by atoms with van der Waals surface area (Å²) in [5, 5.41) is 29.9. The van der Waals surface area contributed by atoms with E-state index < -0.39 is 5.82 Å². The maximum absolute atomic E-state index is 14.8. The van der Waals surface area contributed by atoms with Gasteiger partial charge < -0.3 is 15.7 Å². The number of piperidine rings is 2. The lowest BCUT2D eigenvalue weighted by Gasteiger charge is -2.40. The minimum Gasteiger partial charge on any atom is -0.507 e. The summed E-state index contributed by atoms with van der Waals surface area (Å²) in [5.74, 6) is 0.532. The van der Waals surface area contributed by atoms with Gasteiger partial charge in [0, 0.05) is 48.4 Å². The minimum atomic E-state index is -0.585. The van der Waals surface area contributed by atoms with Gasteiger partial charge in [0.15, 0.2) is 0 Å². The van der Waals surface area contributed by atoms with E-state index in [0.717, 1.165) is 11.2 Å². The van der Waals surface area contributed by atoms with Gasteiger partial charge >= 0.3 is 0 Å². The second kappa shape index (κ2) is 8.90. The van der Waals surface area contributed by atoms with Crippen LogP contribution in [0.2, 0.25) is 0 Å². The summed E-state index contributed by atoms with van der Waals surface area (Å²) in [6.45, 7) is 0.849. The van der Waals surface area contributed by atoms with E-state index in [2.05, 4.69) is 25.9 Å². The standard InChI is InChI=1S/C24H27FN6O2/c1-31-24(33)9-15(13-27-31)18-11-22(32)19(10-20(18)25)21-5-6-23(30-29-21)26-12-14-7-16-3-2-4-17(8-14)28-16/h5-6,9-11,13-14,16-17,28,32H,2-4,7-8,12H2,1H3,(H,26,30). The smallest absolute Gasteiger partial charge is 0.267 e. The van der Waals surface area contributed by atoms with Crippen LogP contribution >= 0.6 is 0 Å². The number of hydrogen-bond acceptors (Lipinski definition) is 7. The molecule has 2 aliphatic rings. The third-order valence-corrected chi connectivity index (χ3v) is 6.69. The molecule has 8 nitrogen and oxygen atoms in total. The monoisotopic (exact) mass is 450 g/mol. The number of rotatable bonds is 5. The Hall–Kier alpha value is -3.33. The van der Waals surface area contributed by atoms with Crippen LogP contribution in [-0.4, -0.2) is 43.7 Å². The molecule has 2 atom stereocenters. The number of fused-ring (bicyclic) bond motifs is 2. The Morgan fingerprint density at radius 2 is 1.94 bits per heavy atom. The highest BCUT2D eigenvalue weighted by atomic mass is 19.1. The van der Waals surface area contributed by atoms with Crippen molar-refractivity contribution in [2.45, 2.75) is 44.2 Å². The Balaban J connectivity index is 1.29. The SMILES string of the molecule is Cn1ncc(-c2cc(O)c(-c3ccc(NCC4CC5CCCC(C4)N5)nn3)cc2F)cc1=O. The highest BCUT2D eigenvalue weighted by molar-refractivity contribution is 5.74. The van der Waals surface area contributed by atoms with Crippen molar-refractivity contribution >= 4 is 5.82 Å². The van der Waals surface area contributed by atoms with Crippen molar-refractivity contribution in [2.24, 2.45) is 13.0 Å². The number of nitrogens with one attached hydrogen (secondary N) is 2. The molecule has 2 fully saturated rings. The van der Waals surface area contributed by atoms with Gasteiger partial charge in [-0.2, -0.15) is 5.10 Å². The van der Waals surface area contributed by atoms with Gasteiger partial charge in [-0.3, -0.25) is 4.79 Å². The zero-order chi connectivity index (χ0) is 22.9. The molecule has 4 heterocycles. The normalized spacial score (nSPS) is 22.2. The van der Waals surface area contributed by atoms with E-state index in [-0.39, 0.29) is 22.4 Å². The number of phenols is 1. The topological polar surface area (TPSA) is 105 Å². The first-order chi connectivity index (χ1) is 16.0. The lowest BCUT2D eigenvalue weighted by molar-refractivity contribution is 0.192. The molecule has 5 rings (SSSR count). The summed E-state index contributed by atoms with van der Waals surface area (Å²) in [5.41, 5.74) is 0.627. The molecule has 0 radical (unpaired) electrons. The third kappa shape index (κ3) is 4.59. The van der Waals surface area contributed by atoms with Crippen LogP contribution in [0.25, 0.3) is 22.4 Å². The molecule has 3 N–H and O–H groups in total. The maximum Gasteiger partial charge on any atom is 0.267 e. The molecule has 2 aromatic heterocycles. The van der Waals surface area contributed by atoms with Crippen LogP contribution in [0.5, 0.6) is 5.75 Å². The van der Waals surface area contributed by atoms with Gasteiger partial charge in [0.2, 0.25) is 0 Å². The molecular weight excluding hydrogens is 423 g/mol. The number of nitrogens with zero attached hydrogens (tertiary/aromatic N) is 4. The lowest BCUT2D eigenvalue weighted by atomic mass is 9.80. The molecule has 0 amide bonds. The van der Waals surface area contributed by atoms with Crippen LogP contribution in [0.3, 0.4) is 0 Å². The molecule has 9 heteroatoms. The van der Waals surface area contributed by atoms with Crippen LogP contribution in [0.4, 0.5) is 10.2 Å². The van der Waals surface area contributed by atoms with E-state index in [9.17, 15) is 14.3 Å². The second-order valence-corrected chi connectivity index (χ2v) is 9.07. The van der Waals surface area contributed by atoms with Gasteiger partial charge in [0.1, 0.15) is 17.4 Å². The van der Waals surface area contributed by atoms with Crippen LogP contribution in [0.1, 0.15) is 32.1 Å². The van der Waals surface area contributed by atoms with Crippen LogP contribution < -0.4 is 16.2 Å². The zero-order valence-electron chi connectivity index (χ0n) is 18.5. The van der Waals surface area contributed by atoms with Crippen molar-refractivity contribution < 1.29 is 9.50 Å². The molecule has 2 bridgehead atoms.